The molecule has 0 aliphatic heterocycles. The number of para-hydroxylation sites is 3. The van der Waals surface area contributed by atoms with Crippen LogP contribution in [-0.4, -0.2) is 24.0 Å². The van der Waals surface area contributed by atoms with Crippen molar-refractivity contribution in [3.63, 3.8) is 0 Å². The minimum Gasteiger partial charge on any atom is -0.515 e. The Kier molecular flexibility index (Phi) is 8.24. The standard InChI is InChI=1S/C42H43N4O.Pt/c1-40(2,3)28-17-18-36(47)32(24-28)27-21-26(22-30(23-27)42(7,8)9)31-13-12-16-35-38(31)44-39-45(35)33-14-10-11-15-34(33)46(39)37-25-29(19-20-43-37)41(4,5)6;/h10-20,22-25,47H,1-9H3;/q-1;. The van der Waals surface area contributed by atoms with Crippen LogP contribution in [0.15, 0.2) is 91.1 Å². The van der Waals surface area contributed by atoms with Crippen LogP contribution in [-0.2, 0) is 37.3 Å². The third-order valence-electron chi connectivity index (χ3n) is 9.25. The van der Waals surface area contributed by atoms with Gasteiger partial charge in [-0.3, -0.25) is 8.97 Å². The monoisotopic (exact) mass is 814 g/mol. The van der Waals surface area contributed by atoms with Crippen LogP contribution in [0.1, 0.15) is 79.0 Å². The SMILES string of the molecule is CC(C)(C)c1cc(-c2cc(C(C)(C)C)ccc2O)[c-]c(-c2cccc3c2nc2n(-c4cc(C(C)(C)C)ccn4)c4ccccc4n32)c1.[Pt]. The molecule has 0 amide bonds. The van der Waals surface area contributed by atoms with Crippen LogP contribution in [0.2, 0.25) is 0 Å². The predicted octanol–water partition coefficient (Wildman–Crippen LogP) is 10.6. The van der Waals surface area contributed by atoms with Crippen molar-refractivity contribution in [2.24, 2.45) is 0 Å². The van der Waals surface area contributed by atoms with Crippen LogP contribution >= 0.6 is 0 Å². The Hall–Kier alpha value is -4.21. The van der Waals surface area contributed by atoms with Crippen molar-refractivity contribution < 1.29 is 26.2 Å². The molecule has 0 saturated heterocycles. The van der Waals surface area contributed by atoms with Gasteiger partial charge in [0.15, 0.2) is 0 Å². The van der Waals surface area contributed by atoms with Crippen LogP contribution in [0.4, 0.5) is 0 Å². The number of rotatable bonds is 3. The molecule has 6 heteroatoms. The number of phenolic OH excluding ortho intramolecular Hbond substituents is 1. The van der Waals surface area contributed by atoms with E-state index in [0.717, 1.165) is 61.5 Å². The van der Waals surface area contributed by atoms with E-state index in [1.54, 1.807) is 0 Å². The van der Waals surface area contributed by atoms with Gasteiger partial charge in [-0.25, -0.2) is 9.97 Å². The molecule has 7 rings (SSSR count). The zero-order valence-corrected chi connectivity index (χ0v) is 31.5. The summed E-state index contributed by atoms with van der Waals surface area (Å²) in [6.07, 6.45) is 1.90. The summed E-state index contributed by atoms with van der Waals surface area (Å²) in [5.74, 6) is 1.91. The van der Waals surface area contributed by atoms with E-state index in [4.69, 9.17) is 9.97 Å². The Morgan fingerprint density at radius 2 is 1.21 bits per heavy atom. The summed E-state index contributed by atoms with van der Waals surface area (Å²) in [6, 6.07) is 33.1. The van der Waals surface area contributed by atoms with Crippen LogP contribution in [0.25, 0.3) is 55.9 Å². The summed E-state index contributed by atoms with van der Waals surface area (Å²) in [5, 5.41) is 11.1. The molecule has 0 bridgehead atoms. The van der Waals surface area contributed by atoms with E-state index in [9.17, 15) is 5.11 Å². The molecule has 48 heavy (non-hydrogen) atoms. The van der Waals surface area contributed by atoms with Crippen LogP contribution < -0.4 is 0 Å². The minimum absolute atomic E-state index is 0. The largest absolute Gasteiger partial charge is 0.515 e. The molecule has 0 atom stereocenters. The first-order chi connectivity index (χ1) is 22.1. The molecule has 0 unspecified atom stereocenters. The summed E-state index contributed by atoms with van der Waals surface area (Å²) < 4.78 is 4.41. The second-order valence-electron chi connectivity index (χ2n) is 15.8. The first-order valence-electron chi connectivity index (χ1n) is 16.4. The number of nitrogens with zero attached hydrogens (tertiary/aromatic N) is 4. The number of hydrogen-bond acceptors (Lipinski definition) is 3. The van der Waals surface area contributed by atoms with Gasteiger partial charge in [-0.1, -0.05) is 104 Å². The second-order valence-corrected chi connectivity index (χ2v) is 15.8. The molecule has 0 fully saturated rings. The van der Waals surface area contributed by atoms with Crippen LogP contribution in [0.5, 0.6) is 5.75 Å². The number of aromatic nitrogens is 4. The van der Waals surface area contributed by atoms with Crippen molar-refractivity contribution in [2.75, 3.05) is 0 Å². The fraction of sp³-hybridized carbons (Fsp3) is 0.286. The fourth-order valence-corrected chi connectivity index (χ4v) is 6.39. The van der Waals surface area contributed by atoms with E-state index in [2.05, 4.69) is 150 Å². The molecule has 4 aromatic carbocycles. The van der Waals surface area contributed by atoms with E-state index < -0.39 is 0 Å². The van der Waals surface area contributed by atoms with Gasteiger partial charge in [-0.2, -0.15) is 0 Å². The van der Waals surface area contributed by atoms with Crippen LogP contribution in [0.3, 0.4) is 0 Å². The topological polar surface area (TPSA) is 55.4 Å². The Morgan fingerprint density at radius 3 is 1.88 bits per heavy atom. The van der Waals surface area contributed by atoms with Gasteiger partial charge in [0.2, 0.25) is 5.78 Å². The average molecular weight is 815 g/mol. The first kappa shape index (κ1) is 33.7. The fourth-order valence-electron chi connectivity index (χ4n) is 6.39. The summed E-state index contributed by atoms with van der Waals surface area (Å²) >= 11 is 0. The van der Waals surface area contributed by atoms with Gasteiger partial charge < -0.3 is 5.11 Å². The summed E-state index contributed by atoms with van der Waals surface area (Å²) in [6.45, 7) is 19.9. The molecule has 7 aromatic rings. The number of benzene rings is 4. The molecule has 0 radical (unpaired) electrons. The zero-order chi connectivity index (χ0) is 33.5. The molecular formula is C42H43N4OPt-. The van der Waals surface area contributed by atoms with Gasteiger partial charge in [0.1, 0.15) is 5.82 Å². The molecule has 248 valence electrons. The molecular weight excluding hydrogens is 772 g/mol. The van der Waals surface area contributed by atoms with E-state index in [0.29, 0.717) is 0 Å². The van der Waals surface area contributed by atoms with Crippen molar-refractivity contribution in [1.29, 1.82) is 0 Å². The Labute approximate surface area is 298 Å². The number of hydrogen-bond donors (Lipinski definition) is 1. The van der Waals surface area contributed by atoms with Crippen molar-refractivity contribution in [1.82, 2.24) is 18.9 Å². The van der Waals surface area contributed by atoms with Gasteiger partial charge in [0, 0.05) is 27.3 Å². The minimum atomic E-state index is -0.126. The maximum Gasteiger partial charge on any atom is 0.221 e. The second kappa shape index (κ2) is 11.7. The van der Waals surface area contributed by atoms with Crippen molar-refractivity contribution in [2.45, 2.75) is 78.6 Å². The van der Waals surface area contributed by atoms with E-state index >= 15 is 0 Å². The molecule has 1 N–H and O–H groups in total. The predicted molar refractivity (Wildman–Crippen MR) is 195 cm³/mol. The third kappa shape index (κ3) is 5.77. The van der Waals surface area contributed by atoms with Gasteiger partial charge in [0.25, 0.3) is 0 Å². The molecule has 5 nitrogen and oxygen atoms in total. The Balaban J connectivity index is 0.00000401. The average Bonchev–Trinajstić information content (AvgIpc) is 3.54. The van der Waals surface area contributed by atoms with Crippen molar-refractivity contribution in [3.05, 3.63) is 114 Å². The normalized spacial score (nSPS) is 12.6. The molecule has 3 heterocycles. The first-order valence-corrected chi connectivity index (χ1v) is 16.4. The molecule has 0 aliphatic carbocycles. The quantitative estimate of drug-likeness (QED) is 0.181. The van der Waals surface area contributed by atoms with Crippen LogP contribution in [0, 0.1) is 6.07 Å². The number of fused-ring (bicyclic) bond motifs is 5. The number of pyridine rings is 1. The zero-order valence-electron chi connectivity index (χ0n) is 29.2. The van der Waals surface area contributed by atoms with Gasteiger partial charge in [-0.05, 0) is 69.3 Å². The van der Waals surface area contributed by atoms with E-state index in [1.807, 2.05) is 18.3 Å². The van der Waals surface area contributed by atoms with E-state index in [1.165, 1.54) is 11.1 Å². The Morgan fingerprint density at radius 1 is 0.604 bits per heavy atom. The molecule has 3 aromatic heterocycles. The summed E-state index contributed by atoms with van der Waals surface area (Å²) in [7, 11) is 0. The van der Waals surface area contributed by atoms with Gasteiger partial charge in [-0.15, -0.1) is 34.9 Å². The Bertz CT molecular complexity index is 2320. The summed E-state index contributed by atoms with van der Waals surface area (Å²) in [4.78, 5) is 10.2. The van der Waals surface area contributed by atoms with Gasteiger partial charge in [0.05, 0.1) is 27.8 Å². The van der Waals surface area contributed by atoms with Crippen molar-refractivity contribution >= 4 is 27.8 Å². The molecule has 0 aliphatic rings. The van der Waals surface area contributed by atoms with E-state index in [-0.39, 0.29) is 43.1 Å². The third-order valence-corrected chi connectivity index (χ3v) is 9.25. The maximum absolute atomic E-state index is 11.1. The smallest absolute Gasteiger partial charge is 0.221 e. The number of aromatic hydroxyl groups is 1. The van der Waals surface area contributed by atoms with Crippen molar-refractivity contribution in [3.8, 4) is 33.8 Å². The molecule has 0 saturated carbocycles. The number of imidazole rings is 2. The maximum atomic E-state index is 11.1. The summed E-state index contributed by atoms with van der Waals surface area (Å²) in [5.41, 5.74) is 11.0. The number of phenols is 1. The molecule has 0 spiro atoms. The van der Waals surface area contributed by atoms with Gasteiger partial charge >= 0.3 is 0 Å².